The van der Waals surface area contributed by atoms with Gasteiger partial charge in [0.25, 0.3) is 0 Å². The normalized spacial score (nSPS) is 11.2. The maximum absolute atomic E-state index is 14.8. The number of alkyl halides is 3. The highest BCUT2D eigenvalue weighted by molar-refractivity contribution is 5.77. The molecular formula is C26H23F4NO4. The third kappa shape index (κ3) is 6.38. The third-order valence-corrected chi connectivity index (χ3v) is 5.39. The van der Waals surface area contributed by atoms with Crippen molar-refractivity contribution >= 4 is 12.1 Å². The molecule has 3 aromatic rings. The monoisotopic (exact) mass is 489 g/mol. The lowest BCUT2D eigenvalue weighted by Crippen LogP contribution is -2.32. The number of carboxylic acids is 1. The molecule has 0 spiro atoms. The van der Waals surface area contributed by atoms with Crippen LogP contribution >= 0.6 is 0 Å². The van der Waals surface area contributed by atoms with Gasteiger partial charge in [0, 0.05) is 13.1 Å². The van der Waals surface area contributed by atoms with Gasteiger partial charge in [-0.1, -0.05) is 60.7 Å². The van der Waals surface area contributed by atoms with Gasteiger partial charge in [-0.2, -0.15) is 13.2 Å². The number of benzene rings is 3. The number of ether oxygens (including phenoxy) is 1. The number of hydrogen-bond donors (Lipinski definition) is 1. The van der Waals surface area contributed by atoms with Crippen molar-refractivity contribution in [3.63, 3.8) is 0 Å². The summed E-state index contributed by atoms with van der Waals surface area (Å²) >= 11 is 0. The van der Waals surface area contributed by atoms with Crippen molar-refractivity contribution in [3.8, 4) is 11.1 Å². The van der Waals surface area contributed by atoms with Crippen LogP contribution in [-0.4, -0.2) is 28.6 Å². The summed E-state index contributed by atoms with van der Waals surface area (Å²) < 4.78 is 61.6. The zero-order valence-corrected chi connectivity index (χ0v) is 18.8. The van der Waals surface area contributed by atoms with Crippen LogP contribution in [0, 0.1) is 5.82 Å². The summed E-state index contributed by atoms with van der Waals surface area (Å²) in [7, 11) is 0. The predicted molar refractivity (Wildman–Crippen MR) is 121 cm³/mol. The van der Waals surface area contributed by atoms with Gasteiger partial charge in [0.1, 0.15) is 12.4 Å². The predicted octanol–water partition coefficient (Wildman–Crippen LogP) is 6.30. The molecule has 0 radical (unpaired) electrons. The standard InChI is InChI=1S/C26H23F4NO4/c1-2-31(25(34)35-16-17-9-5-3-6-10-17)15-21-19(18-11-7-4-8-12-18)13-22(27)24(26(28,29)30)20(21)14-23(32)33/h3-13H,2,14-16H2,1H3,(H,32,33). The van der Waals surface area contributed by atoms with Gasteiger partial charge in [0.15, 0.2) is 0 Å². The summed E-state index contributed by atoms with van der Waals surface area (Å²) in [6.07, 6.45) is -7.00. The van der Waals surface area contributed by atoms with Crippen molar-refractivity contribution in [2.24, 2.45) is 0 Å². The lowest BCUT2D eigenvalue weighted by Gasteiger charge is -2.26. The maximum atomic E-state index is 14.8. The van der Waals surface area contributed by atoms with E-state index >= 15 is 0 Å². The zero-order chi connectivity index (χ0) is 25.6. The molecule has 5 nitrogen and oxygen atoms in total. The van der Waals surface area contributed by atoms with Crippen LogP contribution < -0.4 is 0 Å². The molecule has 3 aromatic carbocycles. The average Bonchev–Trinajstić information content (AvgIpc) is 2.81. The molecule has 184 valence electrons. The summed E-state index contributed by atoms with van der Waals surface area (Å²) in [5.41, 5.74) is -1.31. The zero-order valence-electron chi connectivity index (χ0n) is 18.8. The molecule has 0 saturated carbocycles. The maximum Gasteiger partial charge on any atom is 0.419 e. The summed E-state index contributed by atoms with van der Waals surface area (Å²) in [6.45, 7) is 1.21. The molecule has 0 fully saturated rings. The summed E-state index contributed by atoms with van der Waals surface area (Å²) in [4.78, 5) is 25.4. The first-order valence-corrected chi connectivity index (χ1v) is 10.8. The van der Waals surface area contributed by atoms with Gasteiger partial charge < -0.3 is 14.7 Å². The Morgan fingerprint density at radius 1 is 0.971 bits per heavy atom. The fraction of sp³-hybridized carbons (Fsp3) is 0.231. The molecule has 1 amide bonds. The molecule has 0 aliphatic rings. The molecule has 0 aliphatic carbocycles. The SMILES string of the molecule is CCN(Cc1c(-c2ccccc2)cc(F)c(C(F)(F)F)c1CC(=O)O)C(=O)OCc1ccccc1. The van der Waals surface area contributed by atoms with Gasteiger partial charge >= 0.3 is 18.2 Å². The van der Waals surface area contributed by atoms with E-state index in [2.05, 4.69) is 0 Å². The van der Waals surface area contributed by atoms with Gasteiger partial charge in [-0.05, 0) is 40.8 Å². The van der Waals surface area contributed by atoms with Crippen LogP contribution in [0.25, 0.3) is 11.1 Å². The third-order valence-electron chi connectivity index (χ3n) is 5.39. The Morgan fingerprint density at radius 3 is 2.11 bits per heavy atom. The molecule has 9 heteroatoms. The van der Waals surface area contributed by atoms with Crippen LogP contribution in [0.15, 0.2) is 66.7 Å². The van der Waals surface area contributed by atoms with Gasteiger partial charge in [-0.15, -0.1) is 0 Å². The highest BCUT2D eigenvalue weighted by Crippen LogP contribution is 2.40. The molecule has 0 saturated heterocycles. The number of carboxylic acid groups (broad SMARTS) is 1. The highest BCUT2D eigenvalue weighted by atomic mass is 19.4. The van der Waals surface area contributed by atoms with E-state index in [-0.39, 0.29) is 24.3 Å². The average molecular weight is 489 g/mol. The van der Waals surface area contributed by atoms with Crippen LogP contribution in [0.3, 0.4) is 0 Å². The van der Waals surface area contributed by atoms with E-state index in [4.69, 9.17) is 4.74 Å². The Balaban J connectivity index is 2.09. The van der Waals surface area contributed by atoms with Crippen LogP contribution in [0.1, 0.15) is 29.2 Å². The topological polar surface area (TPSA) is 66.8 Å². The van der Waals surface area contributed by atoms with Crippen molar-refractivity contribution in [1.29, 1.82) is 0 Å². The molecule has 0 atom stereocenters. The minimum absolute atomic E-state index is 0.0546. The number of amides is 1. The molecule has 3 rings (SSSR count). The number of carbonyl (C=O) groups excluding carboxylic acids is 1. The minimum Gasteiger partial charge on any atom is -0.481 e. The Morgan fingerprint density at radius 2 is 1.57 bits per heavy atom. The van der Waals surface area contributed by atoms with E-state index in [1.807, 2.05) is 0 Å². The van der Waals surface area contributed by atoms with Gasteiger partial charge in [-0.25, -0.2) is 9.18 Å². The Labute approximate surface area is 199 Å². The van der Waals surface area contributed by atoms with Crippen molar-refractivity contribution in [2.75, 3.05) is 6.54 Å². The smallest absolute Gasteiger partial charge is 0.419 e. The van der Waals surface area contributed by atoms with E-state index in [0.717, 1.165) is 16.5 Å². The number of halogens is 4. The molecule has 0 unspecified atom stereocenters. The first-order chi connectivity index (χ1) is 16.6. The van der Waals surface area contributed by atoms with Gasteiger partial charge in [0.2, 0.25) is 0 Å². The fourth-order valence-corrected chi connectivity index (χ4v) is 3.76. The molecule has 1 N–H and O–H groups in total. The van der Waals surface area contributed by atoms with Crippen molar-refractivity contribution in [3.05, 3.63) is 94.8 Å². The van der Waals surface area contributed by atoms with Crippen LogP contribution in [0.5, 0.6) is 0 Å². The molecule has 35 heavy (non-hydrogen) atoms. The fourth-order valence-electron chi connectivity index (χ4n) is 3.76. The first kappa shape index (κ1) is 25.7. The Hall–Kier alpha value is -3.88. The quantitative estimate of drug-likeness (QED) is 0.377. The number of aliphatic carboxylic acids is 1. The van der Waals surface area contributed by atoms with E-state index in [0.29, 0.717) is 5.56 Å². The van der Waals surface area contributed by atoms with Crippen LogP contribution in [0.2, 0.25) is 0 Å². The largest absolute Gasteiger partial charge is 0.481 e. The van der Waals surface area contributed by atoms with Crippen LogP contribution in [-0.2, 0) is 35.3 Å². The first-order valence-electron chi connectivity index (χ1n) is 10.8. The second-order valence-electron chi connectivity index (χ2n) is 7.73. The molecule has 0 bridgehead atoms. The minimum atomic E-state index is -5.14. The second-order valence-corrected chi connectivity index (χ2v) is 7.73. The lowest BCUT2D eigenvalue weighted by atomic mass is 9.89. The van der Waals surface area contributed by atoms with Gasteiger partial charge in [-0.3, -0.25) is 4.79 Å². The summed E-state index contributed by atoms with van der Waals surface area (Å²) in [5.74, 6) is -3.14. The second kappa shape index (κ2) is 11.0. The Kier molecular flexibility index (Phi) is 8.11. The van der Waals surface area contributed by atoms with E-state index in [1.54, 1.807) is 67.6 Å². The van der Waals surface area contributed by atoms with E-state index < -0.39 is 48.1 Å². The number of carbonyl (C=O) groups is 2. The van der Waals surface area contributed by atoms with Crippen molar-refractivity contribution in [1.82, 2.24) is 4.90 Å². The van der Waals surface area contributed by atoms with Gasteiger partial charge in [0.05, 0.1) is 12.0 Å². The molecule has 0 aromatic heterocycles. The molecule has 0 heterocycles. The Bertz CT molecular complexity index is 1180. The highest BCUT2D eigenvalue weighted by Gasteiger charge is 2.39. The van der Waals surface area contributed by atoms with Crippen LogP contribution in [0.4, 0.5) is 22.4 Å². The summed E-state index contributed by atoms with van der Waals surface area (Å²) in [5, 5.41) is 9.35. The number of nitrogens with zero attached hydrogens (tertiary/aromatic N) is 1. The van der Waals surface area contributed by atoms with Crippen molar-refractivity contribution in [2.45, 2.75) is 32.7 Å². The molecular weight excluding hydrogens is 466 g/mol. The van der Waals surface area contributed by atoms with Crippen molar-refractivity contribution < 1.29 is 37.0 Å². The number of hydrogen-bond acceptors (Lipinski definition) is 3. The van der Waals surface area contributed by atoms with E-state index in [1.165, 1.54) is 0 Å². The molecule has 0 aliphatic heterocycles. The number of rotatable bonds is 8. The lowest BCUT2D eigenvalue weighted by molar-refractivity contribution is -0.141. The van der Waals surface area contributed by atoms with E-state index in [9.17, 15) is 32.3 Å². The summed E-state index contributed by atoms with van der Waals surface area (Å²) in [6, 6.07) is 17.6.